The molecule has 0 unspecified atom stereocenters. The number of anilines is 1. The number of aryl methyl sites for hydroxylation is 1. The molecule has 2 amide bonds. The molecule has 1 saturated heterocycles. The number of primary amides is 1. The second-order valence-corrected chi connectivity index (χ2v) is 7.74. The van der Waals surface area contributed by atoms with Crippen molar-refractivity contribution in [3.05, 3.63) is 59.4 Å². The minimum atomic E-state index is -4.40. The molecular weight excluding hydrogens is 507 g/mol. The van der Waals surface area contributed by atoms with Gasteiger partial charge in [-0.15, -0.1) is 0 Å². The monoisotopic (exact) mass is 529 g/mol. The number of aromatic nitrogens is 3. The highest BCUT2D eigenvalue weighted by atomic mass is 19.4. The Morgan fingerprint density at radius 2 is 1.84 bits per heavy atom. The normalized spacial score (nSPS) is 21.3. The lowest BCUT2D eigenvalue weighted by Crippen LogP contribution is -2.33. The Hall–Kier alpha value is -3.99. The number of hydrogen-bond acceptors (Lipinski definition) is 10. The Morgan fingerprint density at radius 3 is 2.30 bits per heavy atom. The Balaban J connectivity index is 0.000000206. The number of benzene rings is 1. The number of amides is 2. The average molecular weight is 529 g/mol. The molecule has 3 heterocycles. The van der Waals surface area contributed by atoms with Crippen LogP contribution in [-0.2, 0) is 10.9 Å². The van der Waals surface area contributed by atoms with Crippen LogP contribution in [0.1, 0.15) is 38.4 Å². The van der Waals surface area contributed by atoms with Crippen LogP contribution in [0.15, 0.2) is 41.3 Å². The molecule has 7 N–H and O–H groups in total. The number of nitrogens with zero attached hydrogens (tertiary/aromatic N) is 3. The van der Waals surface area contributed by atoms with Gasteiger partial charge in [0.25, 0.3) is 11.8 Å². The van der Waals surface area contributed by atoms with Gasteiger partial charge in [-0.3, -0.25) is 14.2 Å². The van der Waals surface area contributed by atoms with Crippen LogP contribution < -0.4 is 11.1 Å². The highest BCUT2D eigenvalue weighted by Gasteiger charge is 2.44. The first-order valence-electron chi connectivity index (χ1n) is 10.4. The molecule has 1 aromatic carbocycles. The van der Waals surface area contributed by atoms with E-state index in [1.807, 2.05) is 0 Å². The molecular formula is C21H22F3N5O8. The molecule has 1 fully saturated rings. The van der Waals surface area contributed by atoms with Crippen molar-refractivity contribution in [1.82, 2.24) is 14.7 Å². The van der Waals surface area contributed by atoms with Crippen molar-refractivity contribution in [2.75, 3.05) is 11.9 Å². The zero-order valence-electron chi connectivity index (χ0n) is 19.0. The average Bonchev–Trinajstić information content (AvgIpc) is 3.51. The number of nitrogens with one attached hydrogen (secondary N) is 1. The van der Waals surface area contributed by atoms with Crippen molar-refractivity contribution >= 4 is 17.5 Å². The molecule has 16 heteroatoms. The Morgan fingerprint density at radius 1 is 1.19 bits per heavy atom. The van der Waals surface area contributed by atoms with E-state index in [9.17, 15) is 38.1 Å². The van der Waals surface area contributed by atoms with E-state index >= 15 is 0 Å². The summed E-state index contributed by atoms with van der Waals surface area (Å²) in [7, 11) is 0. The van der Waals surface area contributed by atoms with Crippen LogP contribution in [0.25, 0.3) is 0 Å². The SMILES string of the molecule is Cc1oncc1C(=O)Nc1ccc(C(F)(F)F)cc1.NC(=O)c1ncn([C@@H]2O[C@H](CO)[C@@H](O)[C@H]2O)c1O. The zero-order valence-corrected chi connectivity index (χ0v) is 19.0. The molecule has 37 heavy (non-hydrogen) atoms. The van der Waals surface area contributed by atoms with Crippen LogP contribution in [0.3, 0.4) is 0 Å². The Bertz CT molecular complexity index is 1240. The van der Waals surface area contributed by atoms with Crippen molar-refractivity contribution < 1.29 is 52.4 Å². The van der Waals surface area contributed by atoms with E-state index in [-0.39, 0.29) is 16.9 Å². The van der Waals surface area contributed by atoms with Crippen LogP contribution in [0.4, 0.5) is 18.9 Å². The quantitative estimate of drug-likeness (QED) is 0.271. The summed E-state index contributed by atoms with van der Waals surface area (Å²) in [5.74, 6) is -1.65. The molecule has 4 rings (SSSR count). The summed E-state index contributed by atoms with van der Waals surface area (Å²) in [6.45, 7) is 1.07. The molecule has 1 aliphatic rings. The summed E-state index contributed by atoms with van der Waals surface area (Å²) in [5.41, 5.74) is 4.33. The molecule has 0 spiro atoms. The molecule has 0 saturated carbocycles. The lowest BCUT2D eigenvalue weighted by molar-refractivity contribution is -0.137. The number of aliphatic hydroxyl groups is 3. The van der Waals surface area contributed by atoms with Crippen LogP contribution in [0.2, 0.25) is 0 Å². The van der Waals surface area contributed by atoms with Crippen LogP contribution >= 0.6 is 0 Å². The summed E-state index contributed by atoms with van der Waals surface area (Å²) >= 11 is 0. The summed E-state index contributed by atoms with van der Waals surface area (Å²) in [6.07, 6.45) is -6.92. The second kappa shape index (κ2) is 11.0. The summed E-state index contributed by atoms with van der Waals surface area (Å²) < 4.78 is 47.9. The number of hydrogen-bond donors (Lipinski definition) is 6. The van der Waals surface area contributed by atoms with E-state index in [1.165, 1.54) is 18.3 Å². The zero-order chi connectivity index (χ0) is 27.5. The maximum atomic E-state index is 12.4. The van der Waals surface area contributed by atoms with Crippen molar-refractivity contribution in [1.29, 1.82) is 0 Å². The highest BCUT2D eigenvalue weighted by molar-refractivity contribution is 6.04. The molecule has 3 aromatic rings. The number of alkyl halides is 3. The molecule has 0 aliphatic carbocycles. The predicted octanol–water partition coefficient (Wildman–Crippen LogP) is 0.553. The summed E-state index contributed by atoms with van der Waals surface area (Å²) in [4.78, 5) is 26.2. The van der Waals surface area contributed by atoms with Gasteiger partial charge >= 0.3 is 6.18 Å². The third-order valence-electron chi connectivity index (χ3n) is 5.26. The van der Waals surface area contributed by atoms with Gasteiger partial charge in [0, 0.05) is 5.69 Å². The Kier molecular flexibility index (Phi) is 8.17. The van der Waals surface area contributed by atoms with Crippen molar-refractivity contribution in [3.63, 3.8) is 0 Å². The van der Waals surface area contributed by atoms with E-state index < -0.39 is 60.6 Å². The number of ether oxygens (including phenoxy) is 1. The van der Waals surface area contributed by atoms with Gasteiger partial charge in [-0.05, 0) is 31.2 Å². The van der Waals surface area contributed by atoms with Crippen molar-refractivity contribution in [3.8, 4) is 5.88 Å². The second-order valence-electron chi connectivity index (χ2n) is 7.74. The van der Waals surface area contributed by atoms with Gasteiger partial charge < -0.3 is 40.7 Å². The molecule has 0 radical (unpaired) electrons. The number of aromatic hydroxyl groups is 1. The van der Waals surface area contributed by atoms with Gasteiger partial charge in [0.2, 0.25) is 5.88 Å². The fraction of sp³-hybridized carbons (Fsp3) is 0.333. The highest BCUT2D eigenvalue weighted by Crippen LogP contribution is 2.33. The van der Waals surface area contributed by atoms with E-state index in [1.54, 1.807) is 6.92 Å². The summed E-state index contributed by atoms with van der Waals surface area (Å²) in [5, 5.41) is 43.8. The minimum absolute atomic E-state index is 0.236. The first-order valence-corrected chi connectivity index (χ1v) is 10.4. The van der Waals surface area contributed by atoms with E-state index in [0.29, 0.717) is 5.76 Å². The third-order valence-corrected chi connectivity index (χ3v) is 5.26. The number of nitrogens with two attached hydrogens (primary N) is 1. The van der Waals surface area contributed by atoms with Crippen molar-refractivity contribution in [2.24, 2.45) is 5.73 Å². The Labute approximate surface area is 205 Å². The molecule has 13 nitrogen and oxygen atoms in total. The smallest absolute Gasteiger partial charge is 0.416 e. The third kappa shape index (κ3) is 6.05. The van der Waals surface area contributed by atoms with Gasteiger partial charge in [-0.25, -0.2) is 4.98 Å². The number of rotatable bonds is 5. The molecule has 2 aromatic heterocycles. The van der Waals surface area contributed by atoms with E-state index in [2.05, 4.69) is 15.5 Å². The van der Waals surface area contributed by atoms with Crippen LogP contribution in [0.5, 0.6) is 5.88 Å². The van der Waals surface area contributed by atoms with Gasteiger partial charge in [-0.1, -0.05) is 5.16 Å². The molecule has 0 bridgehead atoms. The lowest BCUT2D eigenvalue weighted by atomic mass is 10.1. The maximum Gasteiger partial charge on any atom is 0.416 e. The maximum absolute atomic E-state index is 12.4. The first-order chi connectivity index (χ1) is 17.3. The van der Waals surface area contributed by atoms with E-state index in [0.717, 1.165) is 23.0 Å². The lowest BCUT2D eigenvalue weighted by Gasteiger charge is -2.16. The fourth-order valence-corrected chi connectivity index (χ4v) is 3.28. The first kappa shape index (κ1) is 27.6. The number of carbonyl (C=O) groups excluding carboxylic acids is 2. The number of halogens is 3. The predicted molar refractivity (Wildman–Crippen MR) is 116 cm³/mol. The number of imidazole rings is 1. The van der Waals surface area contributed by atoms with E-state index in [4.69, 9.17) is 20.1 Å². The summed E-state index contributed by atoms with van der Waals surface area (Å²) in [6, 6.07) is 4.17. The molecule has 1 aliphatic heterocycles. The number of carbonyl (C=O) groups is 2. The van der Waals surface area contributed by atoms with Crippen LogP contribution in [-0.4, -0.2) is 71.9 Å². The topological polar surface area (TPSA) is 206 Å². The molecule has 4 atom stereocenters. The number of aliphatic hydroxyl groups excluding tert-OH is 3. The van der Waals surface area contributed by atoms with Crippen molar-refractivity contribution in [2.45, 2.75) is 37.6 Å². The van der Waals surface area contributed by atoms with Gasteiger partial charge in [0.05, 0.1) is 18.4 Å². The minimum Gasteiger partial charge on any atom is -0.493 e. The standard InChI is InChI=1S/C12H9F3N2O2.C9H13N3O6/c1-7-10(6-16-19-7)11(18)17-9-4-2-8(3-5-9)12(13,14)15;10-7(16)4-8(17)12(2-11-4)9-6(15)5(14)3(1-13)18-9/h2-6H,1H3,(H,17,18);2-3,5-6,9,13-15,17H,1H2,(H2,10,16)/t;3-,5-,6-,9-/m.1/s1. The van der Waals surface area contributed by atoms with Gasteiger partial charge in [-0.2, -0.15) is 13.2 Å². The fourth-order valence-electron chi connectivity index (χ4n) is 3.28. The molecule has 200 valence electrons. The van der Waals surface area contributed by atoms with Gasteiger partial charge in [0.15, 0.2) is 11.9 Å². The van der Waals surface area contributed by atoms with Gasteiger partial charge in [0.1, 0.15) is 36.0 Å². The van der Waals surface area contributed by atoms with Crippen LogP contribution in [0, 0.1) is 6.92 Å². The largest absolute Gasteiger partial charge is 0.493 e.